The van der Waals surface area contributed by atoms with Crippen molar-refractivity contribution in [1.29, 1.82) is 0 Å². The Bertz CT molecular complexity index is 1330. The summed E-state index contributed by atoms with van der Waals surface area (Å²) in [5, 5.41) is 8.95. The number of aromatic nitrogens is 4. The minimum Gasteiger partial charge on any atom is -0.481 e. The van der Waals surface area contributed by atoms with Gasteiger partial charge in [0, 0.05) is 36.0 Å². The zero-order valence-corrected chi connectivity index (χ0v) is 18.8. The maximum atomic E-state index is 13.5. The Labute approximate surface area is 196 Å². The van der Waals surface area contributed by atoms with Crippen molar-refractivity contribution in [3.05, 3.63) is 60.2 Å². The number of ether oxygens (including phenoxy) is 1. The van der Waals surface area contributed by atoms with Gasteiger partial charge in [0.05, 0.1) is 16.7 Å². The van der Waals surface area contributed by atoms with Crippen molar-refractivity contribution >= 4 is 17.0 Å². The molecule has 1 saturated carbocycles. The number of aliphatic carboxylic acids is 1. The van der Waals surface area contributed by atoms with Gasteiger partial charge in [-0.1, -0.05) is 0 Å². The fourth-order valence-corrected chi connectivity index (χ4v) is 4.54. The molecule has 0 atom stereocenters. The zero-order valence-electron chi connectivity index (χ0n) is 18.8. The number of carboxylic acid groups (broad SMARTS) is 1. The van der Waals surface area contributed by atoms with E-state index in [0.29, 0.717) is 22.7 Å². The van der Waals surface area contributed by atoms with Crippen LogP contribution < -0.4 is 4.74 Å². The van der Waals surface area contributed by atoms with Crippen LogP contribution in [0.1, 0.15) is 37.7 Å². The lowest BCUT2D eigenvalue weighted by Gasteiger charge is -2.27. The number of carboxylic acids is 1. The van der Waals surface area contributed by atoms with E-state index in [0.717, 1.165) is 48.1 Å². The number of hydrogen-bond acceptors (Lipinski definition) is 5. The molecule has 3 heterocycles. The molecule has 0 bridgehead atoms. The van der Waals surface area contributed by atoms with Crippen molar-refractivity contribution in [1.82, 2.24) is 19.9 Å². The van der Waals surface area contributed by atoms with Gasteiger partial charge >= 0.3 is 5.97 Å². The molecule has 174 valence electrons. The summed E-state index contributed by atoms with van der Waals surface area (Å²) in [6.45, 7) is 1.99. The van der Waals surface area contributed by atoms with Gasteiger partial charge < -0.3 is 14.8 Å². The number of pyridine rings is 2. The molecule has 0 amide bonds. The molecule has 5 rings (SSSR count). The van der Waals surface area contributed by atoms with Crippen LogP contribution in [0.3, 0.4) is 0 Å². The number of H-pyrrole nitrogens is 1. The van der Waals surface area contributed by atoms with E-state index >= 15 is 0 Å². The average molecular weight is 461 g/mol. The van der Waals surface area contributed by atoms with E-state index in [9.17, 15) is 9.18 Å². The zero-order chi connectivity index (χ0) is 23.7. The Morgan fingerprint density at radius 2 is 1.94 bits per heavy atom. The molecule has 2 N–H and O–H groups in total. The fraction of sp³-hybridized carbons (Fsp3) is 0.308. The van der Waals surface area contributed by atoms with Gasteiger partial charge in [-0.15, -0.1) is 0 Å². The van der Waals surface area contributed by atoms with E-state index in [1.807, 2.05) is 25.1 Å². The van der Waals surface area contributed by atoms with Gasteiger partial charge in [0.2, 0.25) is 5.88 Å². The molecule has 3 aromatic heterocycles. The average Bonchev–Trinajstić information content (AvgIpc) is 3.23. The molecule has 4 aromatic rings. The Hall–Kier alpha value is -3.81. The van der Waals surface area contributed by atoms with Crippen LogP contribution >= 0.6 is 0 Å². The Kier molecular flexibility index (Phi) is 5.96. The lowest BCUT2D eigenvalue weighted by atomic mass is 9.85. The van der Waals surface area contributed by atoms with Crippen LogP contribution in [0.4, 0.5) is 4.39 Å². The van der Waals surface area contributed by atoms with E-state index in [1.54, 1.807) is 18.5 Å². The van der Waals surface area contributed by atoms with Gasteiger partial charge in [-0.05, 0) is 74.4 Å². The molecule has 0 spiro atoms. The van der Waals surface area contributed by atoms with Gasteiger partial charge in [-0.3, -0.25) is 9.78 Å². The van der Waals surface area contributed by atoms with Crippen LogP contribution in [-0.4, -0.2) is 37.1 Å². The molecule has 0 saturated heterocycles. The molecule has 1 aliphatic carbocycles. The second kappa shape index (κ2) is 9.21. The van der Waals surface area contributed by atoms with Crippen LogP contribution in [0.15, 0.2) is 48.8 Å². The van der Waals surface area contributed by atoms with Gasteiger partial charge in [0.25, 0.3) is 0 Å². The van der Waals surface area contributed by atoms with Crippen LogP contribution in [0.5, 0.6) is 5.88 Å². The summed E-state index contributed by atoms with van der Waals surface area (Å²) in [7, 11) is 0. The van der Waals surface area contributed by atoms with E-state index < -0.39 is 5.97 Å². The number of benzene rings is 1. The Balaban J connectivity index is 1.26. The standard InChI is InChI=1S/C26H25FN4O3/c1-15-10-22(28-14-20(15)26-30-21-8-5-18(27)12-23(21)31-26)17-4-9-24(29-13-17)34-19-6-2-16(3-7-19)11-25(32)33/h4-5,8-10,12-14,16,19H,2-3,6-7,11H2,1H3,(H,30,31)(H,32,33). The maximum Gasteiger partial charge on any atom is 0.303 e. The number of hydrogen-bond donors (Lipinski definition) is 2. The highest BCUT2D eigenvalue weighted by Crippen LogP contribution is 2.30. The number of imidazole rings is 1. The predicted octanol–water partition coefficient (Wildman–Crippen LogP) is 5.55. The van der Waals surface area contributed by atoms with Crippen molar-refractivity contribution in [2.45, 2.75) is 45.1 Å². The van der Waals surface area contributed by atoms with Gasteiger partial charge in [0.1, 0.15) is 17.7 Å². The van der Waals surface area contributed by atoms with Gasteiger partial charge in [-0.2, -0.15) is 0 Å². The minimum absolute atomic E-state index is 0.0698. The number of nitrogens with one attached hydrogen (secondary N) is 1. The summed E-state index contributed by atoms with van der Waals surface area (Å²) < 4.78 is 19.5. The first-order valence-electron chi connectivity index (χ1n) is 11.4. The van der Waals surface area contributed by atoms with Crippen molar-refractivity contribution in [3.8, 4) is 28.5 Å². The van der Waals surface area contributed by atoms with Crippen LogP contribution in [0, 0.1) is 18.7 Å². The highest BCUT2D eigenvalue weighted by molar-refractivity contribution is 5.80. The molecular formula is C26H25FN4O3. The van der Waals surface area contributed by atoms with Crippen molar-refractivity contribution in [2.75, 3.05) is 0 Å². The number of aromatic amines is 1. The molecule has 1 aliphatic rings. The Morgan fingerprint density at radius 1 is 1.12 bits per heavy atom. The smallest absolute Gasteiger partial charge is 0.303 e. The molecule has 0 aliphatic heterocycles. The largest absolute Gasteiger partial charge is 0.481 e. The molecular weight excluding hydrogens is 435 g/mol. The molecule has 0 unspecified atom stereocenters. The first kappa shape index (κ1) is 22.0. The summed E-state index contributed by atoms with van der Waals surface area (Å²) in [6.07, 6.45) is 7.24. The third-order valence-electron chi connectivity index (χ3n) is 6.39. The third kappa shape index (κ3) is 4.76. The maximum absolute atomic E-state index is 13.5. The number of nitrogens with zero attached hydrogens (tertiary/aromatic N) is 3. The second-order valence-corrected chi connectivity index (χ2v) is 8.87. The molecule has 7 nitrogen and oxygen atoms in total. The van der Waals surface area contributed by atoms with Crippen LogP contribution in [-0.2, 0) is 4.79 Å². The number of carbonyl (C=O) groups is 1. The molecule has 0 radical (unpaired) electrons. The predicted molar refractivity (Wildman–Crippen MR) is 126 cm³/mol. The summed E-state index contributed by atoms with van der Waals surface area (Å²) in [5.41, 5.74) is 4.86. The number of halogens is 1. The molecule has 34 heavy (non-hydrogen) atoms. The molecule has 1 aromatic carbocycles. The highest BCUT2D eigenvalue weighted by Gasteiger charge is 2.24. The first-order chi connectivity index (χ1) is 16.4. The van der Waals surface area contributed by atoms with Crippen LogP contribution in [0.25, 0.3) is 33.7 Å². The topological polar surface area (TPSA) is 101 Å². The highest BCUT2D eigenvalue weighted by atomic mass is 19.1. The summed E-state index contributed by atoms with van der Waals surface area (Å²) in [5.74, 6) is 0.418. The molecule has 8 heteroatoms. The van der Waals surface area contributed by atoms with E-state index in [4.69, 9.17) is 9.84 Å². The van der Waals surface area contributed by atoms with E-state index in [2.05, 4.69) is 19.9 Å². The quantitative estimate of drug-likeness (QED) is 0.391. The normalized spacial score (nSPS) is 18.2. The van der Waals surface area contributed by atoms with Crippen LogP contribution in [0.2, 0.25) is 0 Å². The molecule has 1 fully saturated rings. The lowest BCUT2D eigenvalue weighted by Crippen LogP contribution is -2.25. The third-order valence-corrected chi connectivity index (χ3v) is 6.39. The number of rotatable bonds is 6. The van der Waals surface area contributed by atoms with Crippen molar-refractivity contribution < 1.29 is 19.0 Å². The van der Waals surface area contributed by atoms with Gasteiger partial charge in [0.15, 0.2) is 0 Å². The fourth-order valence-electron chi connectivity index (χ4n) is 4.54. The summed E-state index contributed by atoms with van der Waals surface area (Å²) >= 11 is 0. The first-order valence-corrected chi connectivity index (χ1v) is 11.4. The van der Waals surface area contributed by atoms with E-state index in [-0.39, 0.29) is 24.3 Å². The second-order valence-electron chi connectivity index (χ2n) is 8.87. The summed E-state index contributed by atoms with van der Waals surface area (Å²) in [4.78, 5) is 27.6. The monoisotopic (exact) mass is 460 g/mol. The lowest BCUT2D eigenvalue weighted by molar-refractivity contribution is -0.138. The Morgan fingerprint density at radius 3 is 2.65 bits per heavy atom. The number of aryl methyl sites for hydroxylation is 1. The minimum atomic E-state index is -0.730. The number of fused-ring (bicyclic) bond motifs is 1. The summed E-state index contributed by atoms with van der Waals surface area (Å²) in [6, 6.07) is 10.2. The van der Waals surface area contributed by atoms with Crippen molar-refractivity contribution in [2.24, 2.45) is 5.92 Å². The van der Waals surface area contributed by atoms with Gasteiger partial charge in [-0.25, -0.2) is 14.4 Å². The SMILES string of the molecule is Cc1cc(-c2ccc(OC3CCC(CC(=O)O)CC3)nc2)ncc1-c1nc2ccc(F)cc2[nH]1. The van der Waals surface area contributed by atoms with E-state index in [1.165, 1.54) is 12.1 Å². The van der Waals surface area contributed by atoms with Crippen molar-refractivity contribution in [3.63, 3.8) is 0 Å².